The van der Waals surface area contributed by atoms with Crippen molar-refractivity contribution in [3.8, 4) is 0 Å². The molecule has 0 aromatic carbocycles. The van der Waals surface area contributed by atoms with E-state index in [-0.39, 0.29) is 55.5 Å². The number of likely N-dealkylation sites (N-methyl/N-ethyl adjacent to an activating group) is 1. The van der Waals surface area contributed by atoms with Gasteiger partial charge in [-0.25, -0.2) is 0 Å². The average molecular weight is 792 g/mol. The van der Waals surface area contributed by atoms with Gasteiger partial charge < -0.3 is 28.6 Å². The standard InChI is InChI=1S/C49H77NO7/c1-6-8-10-12-14-16-18-20-22-24-26-27-29-31-33-35-37-39-47(51)56-44-45(43-55-42-41-46(49(53)54)50(3,4)5)57-48(52)40-38-36-34-32-30-28-25-23-21-19-17-15-13-11-9-7-2/h8-11,14-17,20-23,26-28,30-31,33,45-46H,6-7,12-13,18-19,24-25,29,32,34-44H2,1-5H3/b10-8+,11-9+,16-14+,17-15+,22-20+,23-21+,27-26+,30-28+,33-31+. The highest BCUT2D eigenvalue weighted by molar-refractivity contribution is 5.70. The number of carbonyl (C=O) groups excluding carboxylic acids is 3. The molecule has 2 unspecified atom stereocenters. The summed E-state index contributed by atoms with van der Waals surface area (Å²) in [6, 6.07) is -0.747. The summed E-state index contributed by atoms with van der Waals surface area (Å²) in [6.45, 7) is 4.30. The van der Waals surface area contributed by atoms with Crippen LogP contribution >= 0.6 is 0 Å². The number of ether oxygens (including phenoxy) is 3. The Morgan fingerprint density at radius 3 is 1.39 bits per heavy atom. The molecule has 8 heteroatoms. The van der Waals surface area contributed by atoms with E-state index < -0.39 is 18.1 Å². The maximum atomic E-state index is 12.7. The lowest BCUT2D eigenvalue weighted by molar-refractivity contribution is -0.889. The largest absolute Gasteiger partial charge is 0.544 e. The Morgan fingerprint density at radius 1 is 0.526 bits per heavy atom. The van der Waals surface area contributed by atoms with Crippen molar-refractivity contribution in [3.63, 3.8) is 0 Å². The second-order valence-corrected chi connectivity index (χ2v) is 14.8. The molecule has 0 amide bonds. The Bertz CT molecular complexity index is 1290. The Morgan fingerprint density at radius 2 is 0.947 bits per heavy atom. The van der Waals surface area contributed by atoms with Crippen molar-refractivity contribution < 1.29 is 38.2 Å². The Balaban J connectivity index is 4.54. The van der Waals surface area contributed by atoms with Crippen LogP contribution in [0.15, 0.2) is 109 Å². The number of quaternary nitrogens is 1. The number of nitrogens with zero attached hydrogens (tertiary/aromatic N) is 1. The van der Waals surface area contributed by atoms with Crippen molar-refractivity contribution >= 4 is 17.9 Å². The molecule has 0 aromatic heterocycles. The van der Waals surface area contributed by atoms with E-state index in [0.717, 1.165) is 83.5 Å². The zero-order valence-electron chi connectivity index (χ0n) is 36.2. The number of hydrogen-bond acceptors (Lipinski definition) is 7. The summed E-state index contributed by atoms with van der Waals surface area (Å²) in [5, 5.41) is 11.6. The second kappa shape index (κ2) is 38.8. The van der Waals surface area contributed by atoms with Crippen LogP contribution < -0.4 is 5.11 Å². The molecule has 0 rings (SSSR count). The lowest BCUT2D eigenvalue weighted by Crippen LogP contribution is -2.55. The van der Waals surface area contributed by atoms with Crippen LogP contribution in [0.1, 0.15) is 129 Å². The summed E-state index contributed by atoms with van der Waals surface area (Å²) in [4.78, 5) is 36.8. The van der Waals surface area contributed by atoms with Crippen molar-refractivity contribution in [1.82, 2.24) is 0 Å². The number of rotatable bonds is 36. The lowest BCUT2D eigenvalue weighted by Gasteiger charge is -2.34. The first-order valence-corrected chi connectivity index (χ1v) is 21.4. The van der Waals surface area contributed by atoms with Gasteiger partial charge in [-0.2, -0.15) is 0 Å². The molecular formula is C49H77NO7. The molecule has 57 heavy (non-hydrogen) atoms. The Kier molecular flexibility index (Phi) is 36.1. The van der Waals surface area contributed by atoms with Gasteiger partial charge in [0.05, 0.1) is 40.3 Å². The molecule has 2 atom stereocenters. The third kappa shape index (κ3) is 37.3. The number of carboxylic acids is 1. The van der Waals surface area contributed by atoms with Crippen LogP contribution in [0.5, 0.6) is 0 Å². The van der Waals surface area contributed by atoms with Gasteiger partial charge in [0.2, 0.25) is 0 Å². The number of carboxylic acid groups (broad SMARTS) is 1. The van der Waals surface area contributed by atoms with E-state index >= 15 is 0 Å². The third-order valence-electron chi connectivity index (χ3n) is 8.65. The van der Waals surface area contributed by atoms with Crippen LogP contribution in [-0.2, 0) is 28.6 Å². The fourth-order valence-corrected chi connectivity index (χ4v) is 5.39. The summed E-state index contributed by atoms with van der Waals surface area (Å²) < 4.78 is 17.0. The molecule has 0 saturated carbocycles. The third-order valence-corrected chi connectivity index (χ3v) is 8.65. The van der Waals surface area contributed by atoms with Gasteiger partial charge in [-0.3, -0.25) is 9.59 Å². The van der Waals surface area contributed by atoms with Crippen LogP contribution in [0.2, 0.25) is 0 Å². The summed E-state index contributed by atoms with van der Waals surface area (Å²) >= 11 is 0. The topological polar surface area (TPSA) is 102 Å². The Hall–Kier alpha value is -4.01. The number of hydrogen-bond donors (Lipinski definition) is 0. The number of esters is 2. The van der Waals surface area contributed by atoms with Gasteiger partial charge in [-0.15, -0.1) is 0 Å². The van der Waals surface area contributed by atoms with E-state index in [1.807, 2.05) is 0 Å². The van der Waals surface area contributed by atoms with E-state index in [0.29, 0.717) is 12.8 Å². The number of aliphatic carboxylic acids is 1. The van der Waals surface area contributed by atoms with Gasteiger partial charge in [0.25, 0.3) is 0 Å². The predicted octanol–water partition coefficient (Wildman–Crippen LogP) is 10.4. The molecule has 0 heterocycles. The van der Waals surface area contributed by atoms with Gasteiger partial charge in [0.15, 0.2) is 6.10 Å². The molecule has 0 bridgehead atoms. The number of allylic oxidation sites excluding steroid dienone is 18. The molecule has 320 valence electrons. The zero-order chi connectivity index (χ0) is 42.1. The maximum absolute atomic E-state index is 12.7. The summed E-state index contributed by atoms with van der Waals surface area (Å²) in [5.74, 6) is -1.87. The first-order chi connectivity index (χ1) is 27.6. The van der Waals surface area contributed by atoms with Crippen LogP contribution in [0.25, 0.3) is 0 Å². The van der Waals surface area contributed by atoms with Crippen LogP contribution in [0, 0.1) is 0 Å². The highest BCUT2D eigenvalue weighted by Crippen LogP contribution is 2.11. The van der Waals surface area contributed by atoms with Gasteiger partial charge in [0.1, 0.15) is 12.6 Å². The average Bonchev–Trinajstić information content (AvgIpc) is 3.17. The molecule has 0 aliphatic carbocycles. The quantitative estimate of drug-likeness (QED) is 0.0269. The monoisotopic (exact) mass is 792 g/mol. The molecule has 0 fully saturated rings. The highest BCUT2D eigenvalue weighted by atomic mass is 16.6. The molecule has 0 radical (unpaired) electrons. The van der Waals surface area contributed by atoms with E-state index in [9.17, 15) is 19.5 Å². The van der Waals surface area contributed by atoms with E-state index in [4.69, 9.17) is 14.2 Å². The first-order valence-electron chi connectivity index (χ1n) is 21.4. The number of unbranched alkanes of at least 4 members (excludes halogenated alkanes) is 4. The van der Waals surface area contributed by atoms with Crippen LogP contribution in [0.4, 0.5) is 0 Å². The molecule has 0 N–H and O–H groups in total. The lowest BCUT2D eigenvalue weighted by atomic mass is 10.1. The zero-order valence-corrected chi connectivity index (χ0v) is 36.2. The molecule has 0 saturated heterocycles. The van der Waals surface area contributed by atoms with Crippen LogP contribution in [-0.4, -0.2) is 75.5 Å². The van der Waals surface area contributed by atoms with Crippen molar-refractivity contribution in [1.29, 1.82) is 0 Å². The van der Waals surface area contributed by atoms with Crippen molar-refractivity contribution in [2.75, 3.05) is 41.0 Å². The molecular weight excluding hydrogens is 715 g/mol. The minimum Gasteiger partial charge on any atom is -0.544 e. The fourth-order valence-electron chi connectivity index (χ4n) is 5.39. The predicted molar refractivity (Wildman–Crippen MR) is 235 cm³/mol. The van der Waals surface area contributed by atoms with Crippen molar-refractivity contribution in [2.45, 2.75) is 142 Å². The fraction of sp³-hybridized carbons (Fsp3) is 0.571. The number of carbonyl (C=O) groups is 3. The van der Waals surface area contributed by atoms with Crippen molar-refractivity contribution in [3.05, 3.63) is 109 Å². The van der Waals surface area contributed by atoms with Gasteiger partial charge in [0, 0.05) is 19.3 Å². The minimum absolute atomic E-state index is 0.00178. The molecule has 0 spiro atoms. The smallest absolute Gasteiger partial charge is 0.306 e. The van der Waals surface area contributed by atoms with Crippen molar-refractivity contribution in [2.24, 2.45) is 0 Å². The Labute approximate surface area is 347 Å². The first kappa shape index (κ1) is 53.0. The minimum atomic E-state index is -1.14. The molecule has 8 nitrogen and oxygen atoms in total. The highest BCUT2D eigenvalue weighted by Gasteiger charge is 2.25. The normalized spacial score (nSPS) is 14.1. The van der Waals surface area contributed by atoms with Gasteiger partial charge in [-0.1, -0.05) is 130 Å². The van der Waals surface area contributed by atoms with E-state index in [1.54, 1.807) is 21.1 Å². The van der Waals surface area contributed by atoms with Crippen LogP contribution in [0.3, 0.4) is 0 Å². The van der Waals surface area contributed by atoms with E-state index in [2.05, 4.69) is 123 Å². The second-order valence-electron chi connectivity index (χ2n) is 14.8. The van der Waals surface area contributed by atoms with Gasteiger partial charge in [-0.05, 0) is 89.9 Å². The summed E-state index contributed by atoms with van der Waals surface area (Å²) in [6.07, 6.45) is 52.6. The summed E-state index contributed by atoms with van der Waals surface area (Å²) in [7, 11) is 5.36. The summed E-state index contributed by atoms with van der Waals surface area (Å²) in [5.41, 5.74) is 0. The molecule has 0 aliphatic rings. The SMILES string of the molecule is CC/C=C/C/C=C/C/C=C/C/C=C/C/C=C/CCCC(=O)OCC(COCCC(C(=O)[O-])[N+](C)(C)C)OC(=O)CCCCC/C=C/C/C=C/C/C=C/C/C=C/CC. The van der Waals surface area contributed by atoms with E-state index in [1.165, 1.54) is 0 Å². The molecule has 0 aliphatic heterocycles. The maximum Gasteiger partial charge on any atom is 0.306 e. The van der Waals surface area contributed by atoms with Gasteiger partial charge >= 0.3 is 11.9 Å². The molecule has 0 aromatic rings.